The van der Waals surface area contributed by atoms with E-state index in [4.69, 9.17) is 28.2 Å². The molecule has 0 unspecified atom stereocenters. The van der Waals surface area contributed by atoms with Gasteiger partial charge in [-0.05, 0) is 30.7 Å². The fourth-order valence-electron chi connectivity index (χ4n) is 2.96. The summed E-state index contributed by atoms with van der Waals surface area (Å²) in [7, 11) is 0. The molecule has 0 aliphatic carbocycles. The van der Waals surface area contributed by atoms with Crippen molar-refractivity contribution in [2.45, 2.75) is 32.7 Å². The molecule has 1 amide bonds. The van der Waals surface area contributed by atoms with Crippen LogP contribution < -0.4 is 5.32 Å². The van der Waals surface area contributed by atoms with E-state index in [0.29, 0.717) is 36.0 Å². The van der Waals surface area contributed by atoms with Gasteiger partial charge in [-0.15, -0.1) is 0 Å². The Morgan fingerprint density at radius 1 is 1.12 bits per heavy atom. The van der Waals surface area contributed by atoms with Gasteiger partial charge in [0.15, 0.2) is 0 Å². The van der Waals surface area contributed by atoms with E-state index in [-0.39, 0.29) is 5.91 Å². The van der Waals surface area contributed by atoms with E-state index in [0.717, 1.165) is 28.8 Å². The number of amides is 1. The number of nitrogens with zero attached hydrogens (tertiary/aromatic N) is 2. The van der Waals surface area contributed by atoms with Crippen LogP contribution in [0.3, 0.4) is 0 Å². The minimum absolute atomic E-state index is 0.0734. The van der Waals surface area contributed by atoms with E-state index >= 15 is 0 Å². The average molecular weight is 390 g/mol. The van der Waals surface area contributed by atoms with E-state index in [1.54, 1.807) is 0 Å². The highest BCUT2D eigenvalue weighted by molar-refractivity contribution is 6.36. The summed E-state index contributed by atoms with van der Waals surface area (Å²) in [5, 5.41) is 4.22. The summed E-state index contributed by atoms with van der Waals surface area (Å²) >= 11 is 12.7. The second kappa shape index (κ2) is 8.56. The SMILES string of the molecule is CCCC(=O)NCCc1nc2ccccc2n1Cc1c(Cl)cccc1Cl. The van der Waals surface area contributed by atoms with Crippen LogP contribution in [0.15, 0.2) is 42.5 Å². The molecule has 0 saturated heterocycles. The van der Waals surface area contributed by atoms with Gasteiger partial charge in [0.25, 0.3) is 0 Å². The Labute approximate surface area is 163 Å². The molecule has 2 aromatic carbocycles. The van der Waals surface area contributed by atoms with Crippen molar-refractivity contribution in [2.24, 2.45) is 0 Å². The summed E-state index contributed by atoms with van der Waals surface area (Å²) < 4.78 is 2.12. The number of carbonyl (C=O) groups excluding carboxylic acids is 1. The maximum Gasteiger partial charge on any atom is 0.219 e. The highest BCUT2D eigenvalue weighted by atomic mass is 35.5. The second-order valence-electron chi connectivity index (χ2n) is 6.15. The van der Waals surface area contributed by atoms with Gasteiger partial charge < -0.3 is 9.88 Å². The van der Waals surface area contributed by atoms with Gasteiger partial charge in [-0.2, -0.15) is 0 Å². The summed E-state index contributed by atoms with van der Waals surface area (Å²) in [6.07, 6.45) is 2.03. The zero-order chi connectivity index (χ0) is 18.5. The first-order chi connectivity index (χ1) is 12.6. The lowest BCUT2D eigenvalue weighted by Crippen LogP contribution is -2.26. The van der Waals surface area contributed by atoms with E-state index in [9.17, 15) is 4.79 Å². The lowest BCUT2D eigenvalue weighted by molar-refractivity contribution is -0.121. The van der Waals surface area contributed by atoms with Crippen LogP contribution in [-0.4, -0.2) is 22.0 Å². The minimum Gasteiger partial charge on any atom is -0.356 e. The summed E-state index contributed by atoms with van der Waals surface area (Å²) in [5.41, 5.74) is 2.82. The van der Waals surface area contributed by atoms with Crippen LogP contribution in [0.4, 0.5) is 0 Å². The maximum absolute atomic E-state index is 11.7. The van der Waals surface area contributed by atoms with E-state index in [1.165, 1.54) is 0 Å². The van der Waals surface area contributed by atoms with Crippen LogP contribution in [0.25, 0.3) is 11.0 Å². The Hall–Kier alpha value is -2.04. The molecular weight excluding hydrogens is 369 g/mol. The molecule has 0 aliphatic heterocycles. The summed E-state index contributed by atoms with van der Waals surface area (Å²) in [4.78, 5) is 16.4. The van der Waals surface area contributed by atoms with Gasteiger partial charge in [0.05, 0.1) is 17.6 Å². The molecule has 4 nitrogen and oxygen atoms in total. The van der Waals surface area contributed by atoms with Crippen LogP contribution in [0, 0.1) is 0 Å². The molecule has 0 radical (unpaired) electrons. The second-order valence-corrected chi connectivity index (χ2v) is 6.97. The van der Waals surface area contributed by atoms with E-state index in [1.807, 2.05) is 49.4 Å². The van der Waals surface area contributed by atoms with Crippen molar-refractivity contribution < 1.29 is 4.79 Å². The van der Waals surface area contributed by atoms with Crippen molar-refractivity contribution in [3.8, 4) is 0 Å². The number of benzene rings is 2. The van der Waals surface area contributed by atoms with E-state index in [2.05, 4.69) is 9.88 Å². The number of aromatic nitrogens is 2. The van der Waals surface area contributed by atoms with Crippen LogP contribution in [0.1, 0.15) is 31.2 Å². The topological polar surface area (TPSA) is 46.9 Å². The average Bonchev–Trinajstić information content (AvgIpc) is 2.96. The molecule has 1 heterocycles. The molecule has 1 N–H and O–H groups in total. The molecule has 3 rings (SSSR count). The van der Waals surface area contributed by atoms with Gasteiger partial charge in [0.1, 0.15) is 5.82 Å². The Morgan fingerprint density at radius 3 is 2.58 bits per heavy atom. The van der Waals surface area contributed by atoms with Gasteiger partial charge in [-0.3, -0.25) is 4.79 Å². The third kappa shape index (κ3) is 4.19. The lowest BCUT2D eigenvalue weighted by Gasteiger charge is -2.12. The molecular formula is C20H21Cl2N3O. The Bertz CT molecular complexity index is 900. The Morgan fingerprint density at radius 2 is 1.85 bits per heavy atom. The smallest absolute Gasteiger partial charge is 0.219 e. The van der Waals surface area contributed by atoms with Gasteiger partial charge in [0.2, 0.25) is 5.91 Å². The highest BCUT2D eigenvalue weighted by Gasteiger charge is 2.14. The van der Waals surface area contributed by atoms with Crippen molar-refractivity contribution in [3.63, 3.8) is 0 Å². The number of halogens is 2. The Kier molecular flexibility index (Phi) is 6.17. The third-order valence-corrected chi connectivity index (χ3v) is 4.97. The van der Waals surface area contributed by atoms with Crippen molar-refractivity contribution in [3.05, 3.63) is 63.9 Å². The first-order valence-electron chi connectivity index (χ1n) is 8.74. The molecule has 0 aliphatic rings. The normalized spacial score (nSPS) is 11.0. The van der Waals surface area contributed by atoms with Crippen LogP contribution in [0.5, 0.6) is 0 Å². The van der Waals surface area contributed by atoms with Crippen LogP contribution in [-0.2, 0) is 17.8 Å². The molecule has 0 saturated carbocycles. The van der Waals surface area contributed by atoms with Crippen molar-refractivity contribution >= 4 is 40.1 Å². The van der Waals surface area contributed by atoms with Gasteiger partial charge >= 0.3 is 0 Å². The molecule has 0 atom stereocenters. The number of carbonyl (C=O) groups is 1. The number of para-hydroxylation sites is 2. The van der Waals surface area contributed by atoms with Gasteiger partial charge in [0, 0.05) is 35.0 Å². The quantitative estimate of drug-likeness (QED) is 0.627. The number of fused-ring (bicyclic) bond motifs is 1. The molecule has 3 aromatic rings. The maximum atomic E-state index is 11.7. The first-order valence-corrected chi connectivity index (χ1v) is 9.49. The van der Waals surface area contributed by atoms with E-state index < -0.39 is 0 Å². The zero-order valence-corrected chi connectivity index (χ0v) is 16.1. The molecule has 1 aromatic heterocycles. The fourth-order valence-corrected chi connectivity index (χ4v) is 3.48. The Balaban J connectivity index is 1.89. The van der Waals surface area contributed by atoms with Gasteiger partial charge in [-0.1, -0.05) is 48.3 Å². The van der Waals surface area contributed by atoms with Crippen LogP contribution >= 0.6 is 23.2 Å². The standard InChI is InChI=1S/C20H21Cl2N3O/c1-2-6-20(26)23-12-11-19-24-17-9-3-4-10-18(17)25(19)13-14-15(21)7-5-8-16(14)22/h3-5,7-10H,2,6,11-13H2,1H3,(H,23,26). The summed E-state index contributed by atoms with van der Waals surface area (Å²) in [6, 6.07) is 13.5. The zero-order valence-electron chi connectivity index (χ0n) is 14.6. The number of hydrogen-bond acceptors (Lipinski definition) is 2. The van der Waals surface area contributed by atoms with Crippen molar-refractivity contribution in [2.75, 3.05) is 6.54 Å². The third-order valence-electron chi connectivity index (χ3n) is 4.26. The molecule has 0 fully saturated rings. The molecule has 6 heteroatoms. The molecule has 0 spiro atoms. The monoisotopic (exact) mass is 389 g/mol. The van der Waals surface area contributed by atoms with Crippen LogP contribution in [0.2, 0.25) is 10.0 Å². The van der Waals surface area contributed by atoms with Gasteiger partial charge in [-0.25, -0.2) is 4.98 Å². The minimum atomic E-state index is 0.0734. The fraction of sp³-hybridized carbons (Fsp3) is 0.300. The summed E-state index contributed by atoms with van der Waals surface area (Å²) in [6.45, 7) is 3.09. The first kappa shape index (κ1) is 18.7. The number of nitrogens with one attached hydrogen (secondary N) is 1. The number of imidazole rings is 1. The van der Waals surface area contributed by atoms with Crippen molar-refractivity contribution in [1.29, 1.82) is 0 Å². The predicted molar refractivity (Wildman–Crippen MR) is 107 cm³/mol. The largest absolute Gasteiger partial charge is 0.356 e. The lowest BCUT2D eigenvalue weighted by atomic mass is 10.2. The van der Waals surface area contributed by atoms with Crippen molar-refractivity contribution in [1.82, 2.24) is 14.9 Å². The summed E-state index contributed by atoms with van der Waals surface area (Å²) in [5.74, 6) is 0.975. The number of hydrogen-bond donors (Lipinski definition) is 1. The predicted octanol–water partition coefficient (Wildman–Crippen LogP) is 4.85. The molecule has 26 heavy (non-hydrogen) atoms. The molecule has 0 bridgehead atoms. The highest BCUT2D eigenvalue weighted by Crippen LogP contribution is 2.27. The number of rotatable bonds is 7. The molecule has 136 valence electrons.